The van der Waals surface area contributed by atoms with Crippen LogP contribution in [0.2, 0.25) is 0 Å². The fourth-order valence-electron chi connectivity index (χ4n) is 7.97. The molecule has 0 heterocycles. The molecule has 0 amide bonds. The van der Waals surface area contributed by atoms with Gasteiger partial charge in [-0.2, -0.15) is 6.42 Å². The Kier molecular flexibility index (Phi) is 105. The van der Waals surface area contributed by atoms with Gasteiger partial charge in [0.15, 0.2) is 5.78 Å². The van der Waals surface area contributed by atoms with Gasteiger partial charge >= 0.3 is 17.9 Å². The number of esters is 3. The standard InChI is InChI=1S/C29H54O6.C24H45O4.C7H16.C5H10O.C5H12.C4H10.C3H8.U/c1-5-7-9-11-13-15-17-27(30)24-33-22-26(21-29(32)34-20-19-25(3)4)23-35-28(31)18-16-14-12-10-8-6-2;1-4-6-8-10-12-14-16-18-27-20-23(19-22(3)25)21-28-24(26)17-15-13-11-9-7-5-2;1-4-6-7(3)5-2;1-4(2)5(3)6;1-3-5-4-2;1-3-4-2;1-3-2;/h25-26H,5-24H2,1-4H3;18,23H,4-17,19-21H2,1-3H3;7H,4-6H2,1-3H3;4H,1-3H3;3-5H2,1-2H3;3-4H2,1-2H3;3H2,1-2H3;/q;-1;;;;;;. The number of hydrogen-bond acceptors (Lipinski definition) is 11. The summed E-state index contributed by atoms with van der Waals surface area (Å²) in [6.07, 6.45) is 43.7. The number of carbonyl (C=O) groups excluding carboxylic acids is 6. The number of ether oxygens (including phenoxy) is 5. The number of unbranched alkanes of at least 4 members (excludes halogenated alkanes) is 24. The van der Waals surface area contributed by atoms with Crippen LogP contribution in [0.4, 0.5) is 0 Å². The van der Waals surface area contributed by atoms with Crippen LogP contribution < -0.4 is 0 Å². The van der Waals surface area contributed by atoms with E-state index < -0.39 is 0 Å². The summed E-state index contributed by atoms with van der Waals surface area (Å²) in [5.41, 5.74) is 0. The molecule has 0 spiro atoms. The van der Waals surface area contributed by atoms with Crippen LogP contribution in [0.5, 0.6) is 0 Å². The molecule has 3 unspecified atom stereocenters. The summed E-state index contributed by atoms with van der Waals surface area (Å²) in [6.45, 7) is 43.1. The molecule has 0 aromatic heterocycles. The Bertz CT molecular complexity index is 1400. The van der Waals surface area contributed by atoms with Crippen molar-refractivity contribution in [1.82, 2.24) is 0 Å². The molecule has 0 aliphatic heterocycles. The molecule has 0 aliphatic rings. The van der Waals surface area contributed by atoms with E-state index in [1.165, 1.54) is 161 Å². The molecule has 0 bridgehead atoms. The molecular formula is C77H155O11U-. The first kappa shape index (κ1) is 103. The maximum Gasteiger partial charge on any atom is 0.306 e. The van der Waals surface area contributed by atoms with Gasteiger partial charge in [-0.15, -0.1) is 0 Å². The van der Waals surface area contributed by atoms with Crippen LogP contribution in [0.25, 0.3) is 0 Å². The monoisotopic (exact) mass is 1490 g/mol. The Morgan fingerprint density at radius 3 is 1.11 bits per heavy atom. The predicted octanol–water partition coefficient (Wildman–Crippen LogP) is 23.5. The van der Waals surface area contributed by atoms with E-state index >= 15 is 0 Å². The zero-order valence-corrected chi connectivity index (χ0v) is 67.1. The second-order valence-corrected chi connectivity index (χ2v) is 25.4. The summed E-state index contributed by atoms with van der Waals surface area (Å²) in [5.74, 6) is 1.01. The zero-order valence-electron chi connectivity index (χ0n) is 63.0. The fraction of sp³-hybridized carbons (Fsp3) is 0.909. The van der Waals surface area contributed by atoms with E-state index in [1.54, 1.807) is 13.8 Å². The summed E-state index contributed by atoms with van der Waals surface area (Å²) < 4.78 is 27.4. The topological polar surface area (TPSA) is 149 Å². The maximum atomic E-state index is 12.2. The van der Waals surface area contributed by atoms with E-state index in [4.69, 9.17) is 23.7 Å². The van der Waals surface area contributed by atoms with Crippen molar-refractivity contribution in [1.29, 1.82) is 0 Å². The first-order chi connectivity index (χ1) is 42.2. The Morgan fingerprint density at radius 1 is 0.393 bits per heavy atom. The number of ketones is 3. The molecule has 12 heteroatoms. The largest absolute Gasteiger partial charge is 0.552 e. The second kappa shape index (κ2) is 90.6. The molecule has 0 aliphatic carbocycles. The number of rotatable bonds is 53. The molecule has 89 heavy (non-hydrogen) atoms. The van der Waals surface area contributed by atoms with Crippen LogP contribution in [0, 0.1) is 67.3 Å². The smallest absolute Gasteiger partial charge is 0.306 e. The molecule has 11 nitrogen and oxygen atoms in total. The molecule has 0 saturated heterocycles. The molecule has 0 rings (SSSR count). The van der Waals surface area contributed by atoms with Gasteiger partial charge in [0.25, 0.3) is 0 Å². The zero-order chi connectivity index (χ0) is 68.1. The van der Waals surface area contributed by atoms with Crippen molar-refractivity contribution in [2.45, 2.75) is 388 Å². The van der Waals surface area contributed by atoms with Crippen LogP contribution in [0.1, 0.15) is 388 Å². The van der Waals surface area contributed by atoms with Crippen LogP contribution in [0.15, 0.2) is 0 Å². The van der Waals surface area contributed by atoms with E-state index in [0.29, 0.717) is 44.8 Å². The molecule has 0 saturated carbocycles. The number of Topliss-reactive ketones (excluding diaryl/α,β-unsaturated/α-hetero) is 3. The van der Waals surface area contributed by atoms with Crippen LogP contribution in [-0.4, -0.2) is 74.9 Å². The SMILES string of the molecule is CC(=O)C(C)C.CCC.CCCC.CCCC(C)CC.CCCCC.CCCCCCCCC(=O)COCC(COC(=O)CCCCCCCC)CC(=O)OCCC(C)C.CCCCCCCC[CH-]OCC(COC(=O)CCCCCCCC)CC(C)=O.[U]. The Labute approximate surface area is 579 Å². The third-order valence-electron chi connectivity index (χ3n) is 14.5. The van der Waals surface area contributed by atoms with Gasteiger partial charge in [0.1, 0.15) is 18.2 Å². The average Bonchev–Trinajstić information content (AvgIpc) is 3.58. The maximum absolute atomic E-state index is 12.2. The van der Waals surface area contributed by atoms with E-state index in [0.717, 1.165) is 70.1 Å². The first-order valence-electron chi connectivity index (χ1n) is 37.2. The normalized spacial score (nSPS) is 11.3. The van der Waals surface area contributed by atoms with Crippen molar-refractivity contribution in [3.63, 3.8) is 0 Å². The number of carbonyl (C=O) groups is 6. The molecule has 3 atom stereocenters. The quantitative estimate of drug-likeness (QED) is 0.0248. The van der Waals surface area contributed by atoms with Crippen molar-refractivity contribution in [2.75, 3.05) is 39.6 Å². The third-order valence-corrected chi connectivity index (χ3v) is 14.5. The van der Waals surface area contributed by atoms with Crippen molar-refractivity contribution >= 4 is 35.3 Å². The predicted molar refractivity (Wildman–Crippen MR) is 379 cm³/mol. The van der Waals surface area contributed by atoms with Crippen molar-refractivity contribution in [3.8, 4) is 0 Å². The summed E-state index contributed by atoms with van der Waals surface area (Å²) >= 11 is 0. The van der Waals surface area contributed by atoms with Crippen molar-refractivity contribution in [2.24, 2.45) is 29.6 Å². The summed E-state index contributed by atoms with van der Waals surface area (Å²) in [4.78, 5) is 70.0. The Hall–Kier alpha value is -1.61. The molecular weight excluding hydrogens is 1340 g/mol. The van der Waals surface area contributed by atoms with E-state index in [2.05, 4.69) is 104 Å². The minimum Gasteiger partial charge on any atom is -0.552 e. The van der Waals surface area contributed by atoms with Gasteiger partial charge in [-0.05, 0) is 51.4 Å². The number of hydrogen-bond donors (Lipinski definition) is 0. The second-order valence-electron chi connectivity index (χ2n) is 25.4. The van der Waals surface area contributed by atoms with Crippen molar-refractivity contribution in [3.05, 3.63) is 6.61 Å². The van der Waals surface area contributed by atoms with E-state index in [9.17, 15) is 28.8 Å². The van der Waals surface area contributed by atoms with Crippen LogP contribution >= 0.6 is 0 Å². The van der Waals surface area contributed by atoms with Gasteiger partial charge in [0.2, 0.25) is 0 Å². The minimum absolute atomic E-state index is 0. The average molecular weight is 1500 g/mol. The molecule has 0 fully saturated rings. The van der Waals surface area contributed by atoms with Crippen LogP contribution in [0.3, 0.4) is 0 Å². The molecule has 0 radical (unpaired) electrons. The van der Waals surface area contributed by atoms with Gasteiger partial charge in [0.05, 0.1) is 32.8 Å². The summed E-state index contributed by atoms with van der Waals surface area (Å²) in [7, 11) is 0. The molecule has 0 aromatic rings. The van der Waals surface area contributed by atoms with Crippen LogP contribution in [-0.2, 0) is 52.5 Å². The third kappa shape index (κ3) is 108. The molecule has 0 aromatic carbocycles. The Morgan fingerprint density at radius 2 is 0.775 bits per heavy atom. The molecule has 534 valence electrons. The van der Waals surface area contributed by atoms with Gasteiger partial charge in [-0.25, -0.2) is 6.61 Å². The summed E-state index contributed by atoms with van der Waals surface area (Å²) in [6, 6.07) is 0. The van der Waals surface area contributed by atoms with Gasteiger partial charge in [-0.1, -0.05) is 310 Å². The van der Waals surface area contributed by atoms with E-state index in [-0.39, 0.29) is 117 Å². The van der Waals surface area contributed by atoms with Gasteiger partial charge in [-0.3, -0.25) is 24.0 Å². The minimum atomic E-state index is -0.315. The summed E-state index contributed by atoms with van der Waals surface area (Å²) in [5, 5.41) is 0. The van der Waals surface area contributed by atoms with Gasteiger partial charge < -0.3 is 28.5 Å². The van der Waals surface area contributed by atoms with E-state index in [1.807, 2.05) is 20.5 Å². The van der Waals surface area contributed by atoms with Gasteiger partial charge in [0, 0.05) is 81.2 Å². The fourth-order valence-corrected chi connectivity index (χ4v) is 7.97. The molecule has 0 N–H and O–H groups in total. The first-order valence-corrected chi connectivity index (χ1v) is 37.2. The van der Waals surface area contributed by atoms with Crippen molar-refractivity contribution < 1.29 is 83.6 Å². The Balaban J connectivity index is -0.000000177.